The highest BCUT2D eigenvalue weighted by molar-refractivity contribution is 9.10. The molecule has 6 heteroatoms. The molecule has 0 aliphatic carbocycles. The van der Waals surface area contributed by atoms with Gasteiger partial charge in [-0.15, -0.1) is 11.3 Å². The molecule has 2 rings (SSSR count). The van der Waals surface area contributed by atoms with Gasteiger partial charge < -0.3 is 9.72 Å². The van der Waals surface area contributed by atoms with Crippen LogP contribution in [0, 0.1) is 3.95 Å². The average molecular weight is 348 g/mol. The van der Waals surface area contributed by atoms with Crippen molar-refractivity contribution in [3.8, 4) is 0 Å². The van der Waals surface area contributed by atoms with Crippen molar-refractivity contribution < 1.29 is 9.53 Å². The molecule has 0 bridgehead atoms. The molecule has 98 valence electrons. The molecule has 0 fully saturated rings. The third-order valence-electron chi connectivity index (χ3n) is 1.94. The number of ether oxygens (including phenoxy) is 1. The second kappa shape index (κ2) is 7.66. The van der Waals surface area contributed by atoms with Crippen molar-refractivity contribution in [1.29, 1.82) is 0 Å². The van der Waals surface area contributed by atoms with Gasteiger partial charge >= 0.3 is 5.97 Å². The molecule has 0 aliphatic rings. The van der Waals surface area contributed by atoms with E-state index in [1.807, 2.05) is 18.2 Å². The van der Waals surface area contributed by atoms with Gasteiger partial charge in [0, 0.05) is 0 Å². The second-order valence-corrected chi connectivity index (χ2v) is 6.47. The fraction of sp³-hybridized carbons (Fsp3) is 0.333. The molecule has 0 spiro atoms. The maximum Gasteiger partial charge on any atom is 0.319 e. The summed E-state index contributed by atoms with van der Waals surface area (Å²) in [5, 5.41) is 0. The van der Waals surface area contributed by atoms with Crippen LogP contribution in [0.25, 0.3) is 10.2 Å². The van der Waals surface area contributed by atoms with Crippen LogP contribution in [0.15, 0.2) is 24.3 Å². The largest absolute Gasteiger partial charge is 0.465 e. The SMILES string of the molecule is CCOC(=O)C(C)Br.S=c1[nH]c2ccccc2s1. The standard InChI is InChI=1S/C7H5NS2.C5H9BrO2/c9-7-8-5-3-1-2-4-6(5)10-7;1-3-8-5(7)4(2)6/h1-4H,(H,8,9);4H,3H2,1-2H3. The van der Waals surface area contributed by atoms with Gasteiger partial charge in [0.25, 0.3) is 0 Å². The lowest BCUT2D eigenvalue weighted by Crippen LogP contribution is -2.13. The number of halogens is 1. The number of carbonyl (C=O) groups excluding carboxylic acids is 1. The lowest BCUT2D eigenvalue weighted by molar-refractivity contribution is -0.141. The first-order chi connectivity index (χ1) is 8.54. The average Bonchev–Trinajstić information content (AvgIpc) is 2.70. The van der Waals surface area contributed by atoms with Crippen molar-refractivity contribution in [3.05, 3.63) is 28.2 Å². The number of alkyl halides is 1. The lowest BCUT2D eigenvalue weighted by Gasteiger charge is -2.00. The predicted molar refractivity (Wildman–Crippen MR) is 82.0 cm³/mol. The minimum atomic E-state index is -0.201. The van der Waals surface area contributed by atoms with Crippen molar-refractivity contribution in [2.75, 3.05) is 6.61 Å². The third-order valence-corrected chi connectivity index (χ3v) is 3.53. The van der Waals surface area contributed by atoms with E-state index in [0.29, 0.717) is 6.61 Å². The Kier molecular flexibility index (Phi) is 6.52. The second-order valence-electron chi connectivity index (χ2n) is 3.38. The molecule has 0 aliphatic heterocycles. The van der Waals surface area contributed by atoms with E-state index in [4.69, 9.17) is 12.2 Å². The first-order valence-corrected chi connectivity index (χ1v) is 7.57. The monoisotopic (exact) mass is 347 g/mol. The van der Waals surface area contributed by atoms with Gasteiger partial charge in [-0.25, -0.2) is 0 Å². The van der Waals surface area contributed by atoms with Gasteiger partial charge in [-0.05, 0) is 38.2 Å². The first-order valence-electron chi connectivity index (χ1n) is 5.43. The normalized spacial score (nSPS) is 11.5. The van der Waals surface area contributed by atoms with Crippen LogP contribution < -0.4 is 0 Å². The molecular formula is C12H14BrNO2S2. The van der Waals surface area contributed by atoms with Crippen molar-refractivity contribution in [2.45, 2.75) is 18.7 Å². The number of hydrogen-bond donors (Lipinski definition) is 1. The summed E-state index contributed by atoms with van der Waals surface area (Å²) in [5.41, 5.74) is 1.14. The summed E-state index contributed by atoms with van der Waals surface area (Å²) in [7, 11) is 0. The molecule has 3 nitrogen and oxygen atoms in total. The van der Waals surface area contributed by atoms with Crippen LogP contribution in [0.4, 0.5) is 0 Å². The molecule has 2 aromatic rings. The zero-order valence-electron chi connectivity index (χ0n) is 10.1. The molecule has 1 heterocycles. The summed E-state index contributed by atoms with van der Waals surface area (Å²) >= 11 is 9.65. The van der Waals surface area contributed by atoms with E-state index < -0.39 is 0 Å². The summed E-state index contributed by atoms with van der Waals surface area (Å²) in [5.74, 6) is -0.201. The molecule has 1 atom stereocenters. The topological polar surface area (TPSA) is 42.1 Å². The number of fused-ring (bicyclic) bond motifs is 1. The molecule has 0 amide bonds. The quantitative estimate of drug-likeness (QED) is 0.500. The number of para-hydroxylation sites is 1. The molecule has 1 aromatic heterocycles. The van der Waals surface area contributed by atoms with E-state index >= 15 is 0 Å². The highest BCUT2D eigenvalue weighted by Crippen LogP contribution is 2.17. The summed E-state index contributed by atoms with van der Waals surface area (Å²) in [6, 6.07) is 8.11. The van der Waals surface area contributed by atoms with Crippen LogP contribution in [0.1, 0.15) is 13.8 Å². The summed E-state index contributed by atoms with van der Waals surface area (Å²) in [6.07, 6.45) is 0. The number of hydrogen-bond acceptors (Lipinski definition) is 4. The number of rotatable bonds is 2. The summed E-state index contributed by atoms with van der Waals surface area (Å²) < 4.78 is 6.69. The Morgan fingerprint density at radius 1 is 1.56 bits per heavy atom. The van der Waals surface area contributed by atoms with Crippen molar-refractivity contribution >= 4 is 55.7 Å². The molecule has 1 N–H and O–H groups in total. The van der Waals surface area contributed by atoms with E-state index in [2.05, 4.69) is 31.7 Å². The maximum absolute atomic E-state index is 10.5. The number of esters is 1. The number of thiazole rings is 1. The van der Waals surface area contributed by atoms with Gasteiger partial charge in [0.1, 0.15) is 4.83 Å². The van der Waals surface area contributed by atoms with Gasteiger partial charge in [0.05, 0.1) is 16.8 Å². The maximum atomic E-state index is 10.5. The summed E-state index contributed by atoms with van der Waals surface area (Å²) in [6.45, 7) is 3.97. The highest BCUT2D eigenvalue weighted by atomic mass is 79.9. The smallest absolute Gasteiger partial charge is 0.319 e. The lowest BCUT2D eigenvalue weighted by atomic mass is 10.3. The Bertz CT molecular complexity index is 526. The Morgan fingerprint density at radius 3 is 2.72 bits per heavy atom. The highest BCUT2D eigenvalue weighted by Gasteiger charge is 2.07. The molecular weight excluding hydrogens is 334 g/mol. The van der Waals surface area contributed by atoms with Gasteiger partial charge in [-0.1, -0.05) is 28.1 Å². The molecule has 0 saturated carbocycles. The van der Waals surface area contributed by atoms with Crippen molar-refractivity contribution in [2.24, 2.45) is 0 Å². The van der Waals surface area contributed by atoms with Gasteiger partial charge in [-0.2, -0.15) is 0 Å². The zero-order chi connectivity index (χ0) is 13.5. The number of carbonyl (C=O) groups is 1. The number of benzene rings is 1. The Balaban J connectivity index is 0.000000187. The van der Waals surface area contributed by atoms with Crippen LogP contribution in [0.3, 0.4) is 0 Å². The van der Waals surface area contributed by atoms with E-state index in [1.54, 1.807) is 25.2 Å². The number of H-pyrrole nitrogens is 1. The fourth-order valence-corrected chi connectivity index (χ4v) is 2.40. The number of nitrogens with one attached hydrogen (secondary N) is 1. The minimum absolute atomic E-state index is 0.178. The molecule has 0 saturated heterocycles. The van der Waals surface area contributed by atoms with E-state index in [9.17, 15) is 4.79 Å². The number of aromatic nitrogens is 1. The Labute approximate surface area is 123 Å². The van der Waals surface area contributed by atoms with Gasteiger partial charge in [0.2, 0.25) is 0 Å². The molecule has 18 heavy (non-hydrogen) atoms. The Morgan fingerprint density at radius 2 is 2.22 bits per heavy atom. The Hall–Kier alpha value is -0.720. The van der Waals surface area contributed by atoms with Crippen LogP contribution in [-0.2, 0) is 9.53 Å². The molecule has 1 unspecified atom stereocenters. The van der Waals surface area contributed by atoms with Crippen LogP contribution >= 0.6 is 39.5 Å². The molecule has 0 radical (unpaired) electrons. The van der Waals surface area contributed by atoms with E-state index in [1.165, 1.54) is 4.70 Å². The summed E-state index contributed by atoms with van der Waals surface area (Å²) in [4.78, 5) is 13.4. The first kappa shape index (κ1) is 15.3. The van der Waals surface area contributed by atoms with Crippen LogP contribution in [-0.4, -0.2) is 22.4 Å². The zero-order valence-corrected chi connectivity index (χ0v) is 13.3. The van der Waals surface area contributed by atoms with Crippen LogP contribution in [0.5, 0.6) is 0 Å². The molecule has 1 aromatic carbocycles. The van der Waals surface area contributed by atoms with E-state index in [-0.39, 0.29) is 10.8 Å². The van der Waals surface area contributed by atoms with Gasteiger partial charge in [0.15, 0.2) is 3.95 Å². The van der Waals surface area contributed by atoms with Crippen LogP contribution in [0.2, 0.25) is 0 Å². The van der Waals surface area contributed by atoms with Gasteiger partial charge in [-0.3, -0.25) is 4.79 Å². The van der Waals surface area contributed by atoms with Crippen molar-refractivity contribution in [3.63, 3.8) is 0 Å². The fourth-order valence-electron chi connectivity index (χ4n) is 1.15. The van der Waals surface area contributed by atoms with E-state index in [0.717, 1.165) is 9.47 Å². The number of aromatic amines is 1. The minimum Gasteiger partial charge on any atom is -0.465 e. The van der Waals surface area contributed by atoms with Crippen molar-refractivity contribution in [1.82, 2.24) is 4.98 Å². The predicted octanol–water partition coefficient (Wildman–Crippen LogP) is 4.29. The third kappa shape index (κ3) is 4.88.